The SMILES string of the molecule is COc1ccc(C(=O)/C=C\Nc2ccc(S(=O)(=O)Nc3ccc(C(C)=O)cc3)cc2)cc1. The average Bonchev–Trinajstić information content (AvgIpc) is 2.79. The molecular formula is C24H22N2O5S. The molecule has 3 rings (SSSR count). The van der Waals surface area contributed by atoms with E-state index in [9.17, 15) is 18.0 Å². The Labute approximate surface area is 186 Å². The van der Waals surface area contributed by atoms with Crippen molar-refractivity contribution < 1.29 is 22.7 Å². The van der Waals surface area contributed by atoms with Crippen molar-refractivity contribution in [1.82, 2.24) is 0 Å². The molecule has 0 radical (unpaired) electrons. The summed E-state index contributed by atoms with van der Waals surface area (Å²) in [7, 11) is -2.23. The summed E-state index contributed by atoms with van der Waals surface area (Å²) in [5.41, 5.74) is 2.00. The van der Waals surface area contributed by atoms with E-state index in [2.05, 4.69) is 10.0 Å². The first-order valence-corrected chi connectivity index (χ1v) is 11.1. The zero-order valence-electron chi connectivity index (χ0n) is 17.5. The summed E-state index contributed by atoms with van der Waals surface area (Å²) in [6.45, 7) is 1.44. The van der Waals surface area contributed by atoms with Gasteiger partial charge in [0.15, 0.2) is 11.6 Å². The molecule has 164 valence electrons. The number of carbonyl (C=O) groups is 2. The highest BCUT2D eigenvalue weighted by molar-refractivity contribution is 7.92. The molecule has 0 atom stereocenters. The lowest BCUT2D eigenvalue weighted by molar-refractivity contribution is 0.101. The molecule has 0 fully saturated rings. The molecule has 0 unspecified atom stereocenters. The van der Waals surface area contributed by atoms with Crippen molar-refractivity contribution >= 4 is 33.0 Å². The largest absolute Gasteiger partial charge is 0.497 e. The number of Topliss-reactive ketones (excluding diaryl/α,β-unsaturated/α-hetero) is 1. The van der Waals surface area contributed by atoms with E-state index in [1.54, 1.807) is 55.6 Å². The van der Waals surface area contributed by atoms with Crippen molar-refractivity contribution in [3.63, 3.8) is 0 Å². The van der Waals surface area contributed by atoms with E-state index in [-0.39, 0.29) is 16.5 Å². The van der Waals surface area contributed by atoms with Crippen LogP contribution in [0, 0.1) is 0 Å². The van der Waals surface area contributed by atoms with Gasteiger partial charge in [-0.15, -0.1) is 0 Å². The summed E-state index contributed by atoms with van der Waals surface area (Å²) in [6, 6.07) is 19.0. The monoisotopic (exact) mass is 450 g/mol. The van der Waals surface area contributed by atoms with Crippen LogP contribution >= 0.6 is 0 Å². The van der Waals surface area contributed by atoms with Crippen molar-refractivity contribution in [2.75, 3.05) is 17.1 Å². The first-order valence-electron chi connectivity index (χ1n) is 9.64. The van der Waals surface area contributed by atoms with Crippen LogP contribution in [0.25, 0.3) is 0 Å². The quantitative estimate of drug-likeness (QED) is 0.367. The van der Waals surface area contributed by atoms with Crippen LogP contribution in [0.2, 0.25) is 0 Å². The second-order valence-electron chi connectivity index (χ2n) is 6.83. The van der Waals surface area contributed by atoms with Gasteiger partial charge in [-0.2, -0.15) is 0 Å². The van der Waals surface area contributed by atoms with Gasteiger partial charge < -0.3 is 10.1 Å². The molecule has 0 saturated carbocycles. The molecule has 32 heavy (non-hydrogen) atoms. The number of methoxy groups -OCH3 is 1. The zero-order chi connectivity index (χ0) is 23.1. The van der Waals surface area contributed by atoms with Gasteiger partial charge in [0.05, 0.1) is 12.0 Å². The third-order valence-electron chi connectivity index (χ3n) is 4.57. The number of benzene rings is 3. The fourth-order valence-electron chi connectivity index (χ4n) is 2.78. The number of sulfonamides is 1. The lowest BCUT2D eigenvalue weighted by Crippen LogP contribution is -2.13. The molecule has 0 aliphatic heterocycles. The summed E-state index contributed by atoms with van der Waals surface area (Å²) < 4.78 is 32.7. The Morgan fingerprint density at radius 3 is 1.94 bits per heavy atom. The second-order valence-corrected chi connectivity index (χ2v) is 8.52. The normalized spacial score (nSPS) is 11.2. The lowest BCUT2D eigenvalue weighted by Gasteiger charge is -2.09. The van der Waals surface area contributed by atoms with E-state index in [0.717, 1.165) is 0 Å². The number of rotatable bonds is 9. The molecule has 0 aliphatic carbocycles. The molecule has 0 saturated heterocycles. The van der Waals surface area contributed by atoms with Crippen molar-refractivity contribution in [1.29, 1.82) is 0 Å². The Morgan fingerprint density at radius 2 is 1.38 bits per heavy atom. The van der Waals surface area contributed by atoms with Crippen LogP contribution in [0.4, 0.5) is 11.4 Å². The van der Waals surface area contributed by atoms with Crippen LogP contribution < -0.4 is 14.8 Å². The summed E-state index contributed by atoms with van der Waals surface area (Å²) in [5.74, 6) is 0.392. The molecule has 0 aromatic heterocycles. The number of hydrogen-bond donors (Lipinski definition) is 2. The maximum Gasteiger partial charge on any atom is 0.261 e. The fraction of sp³-hybridized carbons (Fsp3) is 0.0833. The molecule has 0 spiro atoms. The first kappa shape index (κ1) is 22.8. The van der Waals surface area contributed by atoms with E-state index in [4.69, 9.17) is 4.74 Å². The molecule has 3 aromatic carbocycles. The molecule has 3 aromatic rings. The van der Waals surface area contributed by atoms with E-state index in [1.165, 1.54) is 43.5 Å². The van der Waals surface area contributed by atoms with Crippen LogP contribution in [-0.2, 0) is 10.0 Å². The van der Waals surface area contributed by atoms with Crippen molar-refractivity contribution in [2.45, 2.75) is 11.8 Å². The average molecular weight is 451 g/mol. The lowest BCUT2D eigenvalue weighted by atomic mass is 10.1. The fourth-order valence-corrected chi connectivity index (χ4v) is 3.84. The Hall–Kier alpha value is -3.91. The highest BCUT2D eigenvalue weighted by atomic mass is 32.2. The second kappa shape index (κ2) is 9.93. The molecule has 0 aliphatic rings. The number of nitrogens with one attached hydrogen (secondary N) is 2. The van der Waals surface area contributed by atoms with Gasteiger partial charge in [0, 0.05) is 34.8 Å². The standard InChI is InChI=1S/C24H22N2O5S/c1-17(27)18-3-7-21(8-4-18)26-32(29,30)23-13-9-20(10-14-23)25-16-15-24(28)19-5-11-22(31-2)12-6-19/h3-16,25-26H,1-2H3/b16-15-. The molecule has 7 nitrogen and oxygen atoms in total. The Morgan fingerprint density at radius 1 is 0.812 bits per heavy atom. The maximum atomic E-state index is 12.6. The van der Waals surface area contributed by atoms with Gasteiger partial charge in [-0.1, -0.05) is 0 Å². The van der Waals surface area contributed by atoms with Gasteiger partial charge in [0.25, 0.3) is 10.0 Å². The van der Waals surface area contributed by atoms with Gasteiger partial charge in [-0.05, 0) is 79.7 Å². The predicted octanol–water partition coefficient (Wildman–Crippen LogP) is 4.51. The maximum absolute atomic E-state index is 12.6. The minimum atomic E-state index is -3.78. The number of ketones is 2. The molecule has 0 bridgehead atoms. The van der Waals surface area contributed by atoms with Crippen LogP contribution in [0.15, 0.2) is 90.0 Å². The summed E-state index contributed by atoms with van der Waals surface area (Å²) in [6.07, 6.45) is 2.88. The van der Waals surface area contributed by atoms with Crippen LogP contribution in [0.3, 0.4) is 0 Å². The van der Waals surface area contributed by atoms with Crippen LogP contribution in [0.5, 0.6) is 5.75 Å². The van der Waals surface area contributed by atoms with E-state index < -0.39 is 10.0 Å². The number of hydrogen-bond acceptors (Lipinski definition) is 6. The summed E-state index contributed by atoms with van der Waals surface area (Å²) in [5, 5.41) is 2.94. The summed E-state index contributed by atoms with van der Waals surface area (Å²) in [4.78, 5) is 23.6. The van der Waals surface area contributed by atoms with Crippen LogP contribution in [-0.4, -0.2) is 27.1 Å². The van der Waals surface area contributed by atoms with E-state index in [0.29, 0.717) is 28.3 Å². The molecular weight excluding hydrogens is 428 g/mol. The van der Waals surface area contributed by atoms with E-state index in [1.807, 2.05) is 0 Å². The van der Waals surface area contributed by atoms with Gasteiger partial charge in [-0.3, -0.25) is 14.3 Å². The number of carbonyl (C=O) groups excluding carboxylic acids is 2. The number of anilines is 2. The number of ether oxygens (including phenoxy) is 1. The number of allylic oxidation sites excluding steroid dienone is 1. The minimum Gasteiger partial charge on any atom is -0.497 e. The van der Waals surface area contributed by atoms with Gasteiger partial charge in [-0.25, -0.2) is 8.42 Å². The van der Waals surface area contributed by atoms with Gasteiger partial charge >= 0.3 is 0 Å². The van der Waals surface area contributed by atoms with Crippen molar-refractivity contribution in [3.8, 4) is 5.75 Å². The molecule has 0 heterocycles. The Bertz CT molecular complexity index is 1230. The van der Waals surface area contributed by atoms with Crippen LogP contribution in [0.1, 0.15) is 27.6 Å². The zero-order valence-corrected chi connectivity index (χ0v) is 18.3. The minimum absolute atomic E-state index is 0.0805. The predicted molar refractivity (Wildman–Crippen MR) is 124 cm³/mol. The Kier molecular flexibility index (Phi) is 7.07. The van der Waals surface area contributed by atoms with Crippen molar-refractivity contribution in [2.24, 2.45) is 0 Å². The smallest absolute Gasteiger partial charge is 0.261 e. The molecule has 8 heteroatoms. The van der Waals surface area contributed by atoms with Crippen molar-refractivity contribution in [3.05, 3.63) is 96.2 Å². The van der Waals surface area contributed by atoms with Gasteiger partial charge in [0.1, 0.15) is 5.75 Å². The molecule has 2 N–H and O–H groups in total. The summed E-state index contributed by atoms with van der Waals surface area (Å²) >= 11 is 0. The Balaban J connectivity index is 1.61. The van der Waals surface area contributed by atoms with E-state index >= 15 is 0 Å². The topological polar surface area (TPSA) is 102 Å². The first-order chi connectivity index (χ1) is 15.3. The third kappa shape index (κ3) is 5.83. The highest BCUT2D eigenvalue weighted by Crippen LogP contribution is 2.19. The van der Waals surface area contributed by atoms with Gasteiger partial charge in [0.2, 0.25) is 0 Å². The highest BCUT2D eigenvalue weighted by Gasteiger charge is 2.14. The molecule has 0 amide bonds. The third-order valence-corrected chi connectivity index (χ3v) is 5.96.